The maximum atomic E-state index is 11.7. The molecular formula is C18H16N2O4. The molecule has 2 aromatic carbocycles. The van der Waals surface area contributed by atoms with Crippen LogP contribution in [0, 0.1) is 6.92 Å². The molecule has 0 N–H and O–H groups in total. The number of nitrogens with zero attached hydrogens (tertiary/aromatic N) is 2. The van der Waals surface area contributed by atoms with E-state index in [9.17, 15) is 4.79 Å². The summed E-state index contributed by atoms with van der Waals surface area (Å²) < 4.78 is 15.9. The first kappa shape index (κ1) is 15.7. The molecule has 0 spiro atoms. The highest BCUT2D eigenvalue weighted by molar-refractivity contribution is 5.71. The fourth-order valence-electron chi connectivity index (χ4n) is 2.03. The Kier molecular flexibility index (Phi) is 4.86. The van der Waals surface area contributed by atoms with Crippen LogP contribution in [0.5, 0.6) is 5.75 Å². The predicted molar refractivity (Wildman–Crippen MR) is 86.2 cm³/mol. The molecule has 6 heteroatoms. The Bertz CT molecular complexity index is 797. The highest BCUT2D eigenvalue weighted by Crippen LogP contribution is 2.21. The monoisotopic (exact) mass is 324 g/mol. The van der Waals surface area contributed by atoms with Crippen molar-refractivity contribution >= 4 is 5.97 Å². The number of hydrogen-bond acceptors (Lipinski definition) is 6. The van der Waals surface area contributed by atoms with E-state index in [1.54, 1.807) is 31.2 Å². The van der Waals surface area contributed by atoms with E-state index < -0.39 is 5.97 Å². The zero-order chi connectivity index (χ0) is 16.8. The Hall–Kier alpha value is -3.15. The molecule has 0 radical (unpaired) electrons. The lowest BCUT2D eigenvalue weighted by Gasteiger charge is -2.07. The second-order valence-corrected chi connectivity index (χ2v) is 5.09. The average molecular weight is 324 g/mol. The second-order valence-electron chi connectivity index (χ2n) is 5.09. The summed E-state index contributed by atoms with van der Waals surface area (Å²) >= 11 is 0. The number of hydrogen-bond donors (Lipinski definition) is 0. The second kappa shape index (κ2) is 7.41. The number of rotatable bonds is 6. The predicted octanol–water partition coefficient (Wildman–Crippen LogP) is 3.17. The van der Waals surface area contributed by atoms with Crippen molar-refractivity contribution in [2.24, 2.45) is 0 Å². The molecule has 0 unspecified atom stereocenters. The van der Waals surface area contributed by atoms with Gasteiger partial charge in [0.05, 0.1) is 0 Å². The number of esters is 1. The number of aryl methyl sites for hydroxylation is 1. The molecular weight excluding hydrogens is 308 g/mol. The lowest BCUT2D eigenvalue weighted by molar-refractivity contribution is -0.147. The molecule has 6 nitrogen and oxygen atoms in total. The van der Waals surface area contributed by atoms with E-state index in [0.29, 0.717) is 17.5 Å². The van der Waals surface area contributed by atoms with Gasteiger partial charge in [-0.3, -0.25) is 0 Å². The fourth-order valence-corrected chi connectivity index (χ4v) is 2.03. The summed E-state index contributed by atoms with van der Waals surface area (Å²) in [6, 6.07) is 16.5. The molecule has 0 aliphatic carbocycles. The van der Waals surface area contributed by atoms with E-state index >= 15 is 0 Å². The summed E-state index contributed by atoms with van der Waals surface area (Å²) in [5, 5.41) is 7.72. The molecule has 0 amide bonds. The number of aromatic nitrogens is 2. The minimum absolute atomic E-state index is 0.147. The van der Waals surface area contributed by atoms with Gasteiger partial charge in [0.15, 0.2) is 6.61 Å². The molecule has 1 heterocycles. The van der Waals surface area contributed by atoms with Crippen LogP contribution in [0.1, 0.15) is 11.5 Å². The summed E-state index contributed by atoms with van der Waals surface area (Å²) in [7, 11) is 0. The Morgan fingerprint density at radius 3 is 2.46 bits per heavy atom. The standard InChI is InChI=1S/C18H16N2O4/c1-13-19-20-18(24-13)15-7-9-16(10-8-15)22-12-17(21)23-11-14-5-3-2-4-6-14/h2-10H,11-12H2,1H3. The summed E-state index contributed by atoms with van der Waals surface area (Å²) in [6.07, 6.45) is 0. The molecule has 0 aliphatic heterocycles. The maximum absolute atomic E-state index is 11.7. The first-order valence-corrected chi connectivity index (χ1v) is 7.43. The number of ether oxygens (including phenoxy) is 2. The van der Waals surface area contributed by atoms with Crippen molar-refractivity contribution < 1.29 is 18.7 Å². The molecule has 0 saturated heterocycles. The summed E-state index contributed by atoms with van der Waals surface area (Å²) in [5.74, 6) is 1.09. The molecule has 3 rings (SSSR count). The van der Waals surface area contributed by atoms with Gasteiger partial charge in [-0.1, -0.05) is 30.3 Å². The molecule has 0 aliphatic rings. The molecule has 1 aromatic heterocycles. The van der Waals surface area contributed by atoms with Crippen LogP contribution in [0.25, 0.3) is 11.5 Å². The van der Waals surface area contributed by atoms with E-state index in [0.717, 1.165) is 11.1 Å². The molecule has 0 atom stereocenters. The van der Waals surface area contributed by atoms with Gasteiger partial charge in [0, 0.05) is 12.5 Å². The van der Waals surface area contributed by atoms with E-state index in [1.165, 1.54) is 0 Å². The molecule has 0 saturated carbocycles. The van der Waals surface area contributed by atoms with E-state index in [2.05, 4.69) is 10.2 Å². The largest absolute Gasteiger partial charge is 0.482 e. The lowest BCUT2D eigenvalue weighted by Crippen LogP contribution is -2.14. The Morgan fingerprint density at radius 2 is 1.79 bits per heavy atom. The Morgan fingerprint density at radius 1 is 1.04 bits per heavy atom. The van der Waals surface area contributed by atoms with Gasteiger partial charge >= 0.3 is 5.97 Å². The smallest absolute Gasteiger partial charge is 0.344 e. The van der Waals surface area contributed by atoms with Crippen LogP contribution in [-0.4, -0.2) is 22.8 Å². The van der Waals surface area contributed by atoms with Crippen molar-refractivity contribution in [3.05, 3.63) is 66.1 Å². The van der Waals surface area contributed by atoms with Crippen molar-refractivity contribution in [3.8, 4) is 17.2 Å². The zero-order valence-electron chi connectivity index (χ0n) is 13.1. The number of carbonyl (C=O) groups excluding carboxylic acids is 1. The molecule has 3 aromatic rings. The first-order valence-electron chi connectivity index (χ1n) is 7.43. The van der Waals surface area contributed by atoms with E-state index in [4.69, 9.17) is 13.9 Å². The topological polar surface area (TPSA) is 74.5 Å². The van der Waals surface area contributed by atoms with Crippen LogP contribution in [0.4, 0.5) is 0 Å². The maximum Gasteiger partial charge on any atom is 0.344 e. The molecule has 0 bridgehead atoms. The molecule has 24 heavy (non-hydrogen) atoms. The normalized spacial score (nSPS) is 10.4. The SMILES string of the molecule is Cc1nnc(-c2ccc(OCC(=O)OCc3ccccc3)cc2)o1. The van der Waals surface area contributed by atoms with Gasteiger partial charge in [-0.15, -0.1) is 10.2 Å². The third-order valence-corrected chi connectivity index (χ3v) is 3.23. The van der Waals surface area contributed by atoms with Crippen LogP contribution in [-0.2, 0) is 16.1 Å². The average Bonchev–Trinajstić information content (AvgIpc) is 3.06. The number of carbonyl (C=O) groups is 1. The summed E-state index contributed by atoms with van der Waals surface area (Å²) in [4.78, 5) is 11.7. The van der Waals surface area contributed by atoms with Gasteiger partial charge in [-0.25, -0.2) is 4.79 Å². The third kappa shape index (κ3) is 4.19. The minimum Gasteiger partial charge on any atom is -0.482 e. The van der Waals surface area contributed by atoms with Crippen LogP contribution >= 0.6 is 0 Å². The zero-order valence-corrected chi connectivity index (χ0v) is 13.1. The van der Waals surface area contributed by atoms with Gasteiger partial charge in [0.25, 0.3) is 0 Å². The van der Waals surface area contributed by atoms with Gasteiger partial charge < -0.3 is 13.9 Å². The highest BCUT2D eigenvalue weighted by Gasteiger charge is 2.08. The quantitative estimate of drug-likeness (QED) is 0.648. The van der Waals surface area contributed by atoms with Crippen molar-refractivity contribution in [3.63, 3.8) is 0 Å². The van der Waals surface area contributed by atoms with Crippen LogP contribution in [0.3, 0.4) is 0 Å². The number of benzene rings is 2. The van der Waals surface area contributed by atoms with Crippen molar-refractivity contribution in [1.29, 1.82) is 0 Å². The lowest BCUT2D eigenvalue weighted by atomic mass is 10.2. The van der Waals surface area contributed by atoms with Gasteiger partial charge in [0.2, 0.25) is 11.8 Å². The van der Waals surface area contributed by atoms with Gasteiger partial charge in [0.1, 0.15) is 12.4 Å². The van der Waals surface area contributed by atoms with Crippen molar-refractivity contribution in [1.82, 2.24) is 10.2 Å². The minimum atomic E-state index is -0.421. The highest BCUT2D eigenvalue weighted by atomic mass is 16.6. The molecule has 0 fully saturated rings. The van der Waals surface area contributed by atoms with E-state index in [-0.39, 0.29) is 13.2 Å². The van der Waals surface area contributed by atoms with Crippen LogP contribution in [0.15, 0.2) is 59.0 Å². The van der Waals surface area contributed by atoms with Crippen molar-refractivity contribution in [2.45, 2.75) is 13.5 Å². The Labute approximate surface area is 139 Å². The molecule has 122 valence electrons. The Balaban J connectivity index is 1.48. The van der Waals surface area contributed by atoms with Crippen LogP contribution in [0.2, 0.25) is 0 Å². The van der Waals surface area contributed by atoms with E-state index in [1.807, 2.05) is 30.3 Å². The van der Waals surface area contributed by atoms with Gasteiger partial charge in [-0.2, -0.15) is 0 Å². The third-order valence-electron chi connectivity index (χ3n) is 3.23. The fraction of sp³-hybridized carbons (Fsp3) is 0.167. The van der Waals surface area contributed by atoms with Gasteiger partial charge in [-0.05, 0) is 29.8 Å². The summed E-state index contributed by atoms with van der Waals surface area (Å²) in [6.45, 7) is 1.82. The van der Waals surface area contributed by atoms with Crippen molar-refractivity contribution in [2.75, 3.05) is 6.61 Å². The summed E-state index contributed by atoms with van der Waals surface area (Å²) in [5.41, 5.74) is 1.72. The first-order chi connectivity index (χ1) is 11.7. The van der Waals surface area contributed by atoms with Crippen LogP contribution < -0.4 is 4.74 Å².